The molecule has 0 radical (unpaired) electrons. The van der Waals surface area contributed by atoms with Crippen molar-refractivity contribution in [3.05, 3.63) is 111 Å². The maximum Gasteiger partial charge on any atom is 0.335 e. The van der Waals surface area contributed by atoms with Gasteiger partial charge >= 0.3 is 6.03 Å². The van der Waals surface area contributed by atoms with E-state index in [9.17, 15) is 14.4 Å². The van der Waals surface area contributed by atoms with Gasteiger partial charge in [0.1, 0.15) is 18.8 Å². The Bertz CT molecular complexity index is 1870. The lowest BCUT2D eigenvalue weighted by molar-refractivity contribution is -0.122. The van der Waals surface area contributed by atoms with Crippen molar-refractivity contribution in [2.24, 2.45) is 0 Å². The number of benzene rings is 4. The second-order valence-electron chi connectivity index (χ2n) is 11.0. The highest BCUT2D eigenvalue weighted by Gasteiger charge is 2.37. The van der Waals surface area contributed by atoms with Gasteiger partial charge in [0, 0.05) is 6.07 Å². The molecule has 4 aromatic carbocycles. The number of urea groups is 1. The Morgan fingerprint density at radius 2 is 1.32 bits per heavy atom. The summed E-state index contributed by atoms with van der Waals surface area (Å²) < 4.78 is 29.2. The number of ether oxygens (including phenoxy) is 5. The first-order valence-electron chi connectivity index (χ1n) is 16.1. The molecule has 1 aliphatic heterocycles. The van der Waals surface area contributed by atoms with Crippen LogP contribution < -0.4 is 33.9 Å². The number of imide groups is 2. The van der Waals surface area contributed by atoms with Crippen LogP contribution in [-0.4, -0.2) is 37.7 Å². The van der Waals surface area contributed by atoms with Gasteiger partial charge in [0.15, 0.2) is 28.7 Å². The number of carbonyl (C=O) groups is 3. The molecule has 1 fully saturated rings. The minimum atomic E-state index is -0.898. The second kappa shape index (κ2) is 17.0. The number of nitrogens with one attached hydrogen (secondary N) is 1. The lowest BCUT2D eigenvalue weighted by Gasteiger charge is -2.27. The number of hydrogen-bond acceptors (Lipinski definition) is 8. The molecule has 0 spiro atoms. The molecule has 1 aliphatic rings. The lowest BCUT2D eigenvalue weighted by Crippen LogP contribution is -2.54. The Kier molecular flexibility index (Phi) is 12.2. The fraction of sp³-hybridized carbons (Fsp3) is 0.237. The van der Waals surface area contributed by atoms with Crippen molar-refractivity contribution in [1.82, 2.24) is 5.32 Å². The number of hydrogen-bond donors (Lipinski definition) is 1. The van der Waals surface area contributed by atoms with E-state index in [0.29, 0.717) is 55.0 Å². The summed E-state index contributed by atoms with van der Waals surface area (Å²) in [5, 5.41) is 2.52. The third kappa shape index (κ3) is 8.69. The quantitative estimate of drug-likeness (QED) is 0.0963. The molecule has 1 heterocycles. The van der Waals surface area contributed by atoms with Crippen molar-refractivity contribution in [3.8, 4) is 28.7 Å². The molecule has 260 valence electrons. The zero-order valence-electron chi connectivity index (χ0n) is 27.8. The Balaban J connectivity index is 1.32. The van der Waals surface area contributed by atoms with Crippen molar-refractivity contribution in [1.29, 1.82) is 0 Å². The third-order valence-electron chi connectivity index (χ3n) is 7.31. The van der Waals surface area contributed by atoms with Crippen LogP contribution in [0.1, 0.15) is 43.9 Å². The number of anilines is 1. The van der Waals surface area contributed by atoms with Crippen LogP contribution in [0.25, 0.3) is 6.08 Å². The highest BCUT2D eigenvalue weighted by molar-refractivity contribution is 6.40. The minimum Gasteiger partial charge on any atom is -0.490 e. The normalized spacial score (nSPS) is 13.7. The van der Waals surface area contributed by atoms with Crippen molar-refractivity contribution >= 4 is 52.8 Å². The van der Waals surface area contributed by atoms with Crippen molar-refractivity contribution in [2.75, 3.05) is 24.7 Å². The van der Waals surface area contributed by atoms with Gasteiger partial charge in [-0.1, -0.05) is 66.5 Å². The molecule has 1 N–H and O–H groups in total. The molecule has 1 saturated heterocycles. The zero-order chi connectivity index (χ0) is 35.6. The van der Waals surface area contributed by atoms with Crippen LogP contribution in [0, 0.1) is 0 Å². The molecule has 5 rings (SSSR count). The van der Waals surface area contributed by atoms with E-state index in [1.165, 1.54) is 24.3 Å². The van der Waals surface area contributed by atoms with Gasteiger partial charge in [-0.25, -0.2) is 9.69 Å². The molecule has 0 atom stereocenters. The standard InChI is InChI=1S/C38H36Cl2N2O8/c1-4-16-48-31-15-13-27(21-34(31)47-6-3)42-37(44)28(36(43)41-38(42)45)17-26-18-29(39)35(30(40)19-26)50-23-25-12-14-32(33(20-25)46-5-2)49-22-24-10-8-7-9-11-24/h7-15,17-21H,4-6,16,22-23H2,1-3H3,(H,41,43,45)/b28-17+. The topological polar surface area (TPSA) is 113 Å². The summed E-state index contributed by atoms with van der Waals surface area (Å²) in [6.07, 6.45) is 2.09. The van der Waals surface area contributed by atoms with Crippen molar-refractivity contribution in [3.63, 3.8) is 0 Å². The number of halogens is 2. The van der Waals surface area contributed by atoms with Gasteiger partial charge < -0.3 is 23.7 Å². The summed E-state index contributed by atoms with van der Waals surface area (Å²) in [5.74, 6) is 0.513. The van der Waals surface area contributed by atoms with Crippen LogP contribution >= 0.6 is 23.2 Å². The van der Waals surface area contributed by atoms with Crippen molar-refractivity contribution < 1.29 is 38.1 Å². The molecule has 0 unspecified atom stereocenters. The van der Waals surface area contributed by atoms with Crippen LogP contribution in [0.2, 0.25) is 10.0 Å². The fourth-order valence-electron chi connectivity index (χ4n) is 5.02. The molecule has 4 amide bonds. The van der Waals surface area contributed by atoms with Gasteiger partial charge in [0.25, 0.3) is 11.8 Å². The summed E-state index contributed by atoms with van der Waals surface area (Å²) in [7, 11) is 0. The minimum absolute atomic E-state index is 0.114. The number of carbonyl (C=O) groups excluding carboxylic acids is 3. The molecule has 0 saturated carbocycles. The molecule has 50 heavy (non-hydrogen) atoms. The van der Waals surface area contributed by atoms with Crippen LogP contribution in [-0.2, 0) is 22.8 Å². The van der Waals surface area contributed by atoms with E-state index in [-0.39, 0.29) is 33.7 Å². The van der Waals surface area contributed by atoms with Crippen molar-refractivity contribution in [2.45, 2.75) is 40.4 Å². The first-order valence-corrected chi connectivity index (χ1v) is 16.8. The maximum atomic E-state index is 13.6. The molecule has 12 heteroatoms. The van der Waals surface area contributed by atoms with Crippen LogP contribution in [0.4, 0.5) is 10.5 Å². The number of amides is 4. The van der Waals surface area contributed by atoms with Gasteiger partial charge in [-0.15, -0.1) is 0 Å². The average Bonchev–Trinajstić information content (AvgIpc) is 3.09. The maximum absolute atomic E-state index is 13.6. The smallest absolute Gasteiger partial charge is 0.335 e. The molecular weight excluding hydrogens is 683 g/mol. The number of nitrogens with zero attached hydrogens (tertiary/aromatic N) is 1. The van der Waals surface area contributed by atoms with E-state index in [1.807, 2.05) is 62.4 Å². The Morgan fingerprint density at radius 1 is 0.680 bits per heavy atom. The van der Waals surface area contributed by atoms with E-state index in [0.717, 1.165) is 22.4 Å². The van der Waals surface area contributed by atoms with Crippen LogP contribution in [0.5, 0.6) is 28.7 Å². The number of barbiturate groups is 1. The van der Waals surface area contributed by atoms with E-state index in [2.05, 4.69) is 5.32 Å². The molecule has 0 bridgehead atoms. The summed E-state index contributed by atoms with van der Waals surface area (Å²) in [5.41, 5.74) is 2.06. The van der Waals surface area contributed by atoms with E-state index >= 15 is 0 Å². The van der Waals surface area contributed by atoms with Gasteiger partial charge in [0.05, 0.1) is 35.6 Å². The second-order valence-corrected chi connectivity index (χ2v) is 11.8. The molecule has 0 aromatic heterocycles. The van der Waals surface area contributed by atoms with E-state index in [1.54, 1.807) is 19.1 Å². The molecular formula is C38H36Cl2N2O8. The summed E-state index contributed by atoms with van der Waals surface area (Å²) in [4.78, 5) is 40.1. The first-order chi connectivity index (χ1) is 24.2. The average molecular weight is 720 g/mol. The van der Waals surface area contributed by atoms with Gasteiger partial charge in [-0.2, -0.15) is 0 Å². The Labute approximate surface area is 300 Å². The Morgan fingerprint density at radius 3 is 2.00 bits per heavy atom. The monoisotopic (exact) mass is 718 g/mol. The predicted molar refractivity (Wildman–Crippen MR) is 192 cm³/mol. The van der Waals surface area contributed by atoms with Gasteiger partial charge in [-0.3, -0.25) is 14.9 Å². The van der Waals surface area contributed by atoms with E-state index < -0.39 is 17.8 Å². The molecule has 4 aromatic rings. The first kappa shape index (κ1) is 36.1. The number of rotatable bonds is 15. The predicted octanol–water partition coefficient (Wildman–Crippen LogP) is 8.40. The SMILES string of the molecule is CCCOc1ccc(N2C(=O)NC(=O)/C(=C\c3cc(Cl)c(OCc4ccc(OCc5ccccc5)c(OCC)c4)c(Cl)c3)C2=O)cc1OCC. The lowest BCUT2D eigenvalue weighted by atomic mass is 10.1. The third-order valence-corrected chi connectivity index (χ3v) is 7.87. The van der Waals surface area contributed by atoms with Crippen LogP contribution in [0.15, 0.2) is 84.4 Å². The fourth-order valence-corrected chi connectivity index (χ4v) is 5.63. The van der Waals surface area contributed by atoms with Gasteiger partial charge in [-0.05, 0) is 79.4 Å². The zero-order valence-corrected chi connectivity index (χ0v) is 29.3. The van der Waals surface area contributed by atoms with Crippen LogP contribution in [0.3, 0.4) is 0 Å². The van der Waals surface area contributed by atoms with Gasteiger partial charge in [0.2, 0.25) is 0 Å². The summed E-state index contributed by atoms with van der Waals surface area (Å²) in [6.45, 7) is 7.42. The summed E-state index contributed by atoms with van der Waals surface area (Å²) in [6, 6.07) is 22.1. The van der Waals surface area contributed by atoms with E-state index in [4.69, 9.17) is 46.9 Å². The molecule has 0 aliphatic carbocycles. The highest BCUT2D eigenvalue weighted by atomic mass is 35.5. The highest BCUT2D eigenvalue weighted by Crippen LogP contribution is 2.38. The Hall–Kier alpha value is -5.19. The summed E-state index contributed by atoms with van der Waals surface area (Å²) >= 11 is 13.2. The largest absolute Gasteiger partial charge is 0.490 e. The molecule has 10 nitrogen and oxygen atoms in total.